The van der Waals surface area contributed by atoms with Gasteiger partial charge in [-0.05, 0) is 68.6 Å². The van der Waals surface area contributed by atoms with E-state index in [9.17, 15) is 4.79 Å². The van der Waals surface area contributed by atoms with Gasteiger partial charge in [0.15, 0.2) is 0 Å². The van der Waals surface area contributed by atoms with Gasteiger partial charge in [0.05, 0.1) is 18.4 Å². The van der Waals surface area contributed by atoms with Crippen molar-refractivity contribution >= 4 is 5.97 Å². The molecule has 0 N–H and O–H groups in total. The summed E-state index contributed by atoms with van der Waals surface area (Å²) in [5.41, 5.74) is 5.19. The first-order valence-corrected chi connectivity index (χ1v) is 10.00. The Balaban J connectivity index is 1.52. The molecule has 3 aromatic rings. The van der Waals surface area contributed by atoms with Crippen molar-refractivity contribution in [2.24, 2.45) is 0 Å². The predicted octanol–water partition coefficient (Wildman–Crippen LogP) is 4.95. The second-order valence-corrected chi connectivity index (χ2v) is 7.61. The number of esters is 1. The molecule has 0 saturated carbocycles. The van der Waals surface area contributed by atoms with Gasteiger partial charge in [0.1, 0.15) is 5.76 Å². The monoisotopic (exact) mass is 390 g/mol. The van der Waals surface area contributed by atoms with Crippen LogP contribution in [0.15, 0.2) is 52.9 Å². The Bertz CT molecular complexity index is 1010. The van der Waals surface area contributed by atoms with Gasteiger partial charge in [0.25, 0.3) is 0 Å². The van der Waals surface area contributed by atoms with E-state index in [1.165, 1.54) is 24.7 Å². The number of methoxy groups -OCH3 is 1. The summed E-state index contributed by atoms with van der Waals surface area (Å²) in [5.74, 6) is 1.05. The van der Waals surface area contributed by atoms with Gasteiger partial charge in [-0.2, -0.15) is 0 Å². The summed E-state index contributed by atoms with van der Waals surface area (Å²) in [7, 11) is 3.53. The van der Waals surface area contributed by atoms with E-state index in [0.29, 0.717) is 17.5 Å². The lowest BCUT2D eigenvalue weighted by atomic mass is 9.87. The van der Waals surface area contributed by atoms with Crippen LogP contribution in [0.1, 0.15) is 51.8 Å². The minimum absolute atomic E-state index is 0.352. The van der Waals surface area contributed by atoms with Gasteiger partial charge in [-0.1, -0.05) is 24.3 Å². The lowest BCUT2D eigenvalue weighted by molar-refractivity contribution is 0.0600. The van der Waals surface area contributed by atoms with Crippen LogP contribution in [0.2, 0.25) is 0 Å². The average Bonchev–Trinajstić information content (AvgIpc) is 3.13. The molecule has 1 aliphatic rings. The zero-order valence-electron chi connectivity index (χ0n) is 17.1. The van der Waals surface area contributed by atoms with Gasteiger partial charge in [-0.3, -0.25) is 4.90 Å². The van der Waals surface area contributed by atoms with E-state index in [2.05, 4.69) is 36.2 Å². The minimum atomic E-state index is -0.352. The molecule has 4 rings (SSSR count). The summed E-state index contributed by atoms with van der Waals surface area (Å²) < 4.78 is 10.7. The molecule has 2 aromatic carbocycles. The van der Waals surface area contributed by atoms with Crippen LogP contribution in [0, 0.1) is 6.92 Å². The predicted molar refractivity (Wildman–Crippen MR) is 112 cm³/mol. The fourth-order valence-corrected chi connectivity index (χ4v) is 4.10. The van der Waals surface area contributed by atoms with Gasteiger partial charge < -0.3 is 9.15 Å². The summed E-state index contributed by atoms with van der Waals surface area (Å²) in [6.45, 7) is 2.69. The van der Waals surface area contributed by atoms with Crippen LogP contribution in [0.3, 0.4) is 0 Å². The quantitative estimate of drug-likeness (QED) is 0.577. The number of nitrogens with zero attached hydrogens (tertiary/aromatic N) is 2. The first-order valence-electron chi connectivity index (χ1n) is 10.00. The number of hydrogen-bond donors (Lipinski definition) is 0. The third-order valence-electron chi connectivity index (χ3n) is 5.71. The third kappa shape index (κ3) is 3.96. The summed E-state index contributed by atoms with van der Waals surface area (Å²) in [5, 5.41) is 0. The van der Waals surface area contributed by atoms with Gasteiger partial charge in [-0.15, -0.1) is 0 Å². The highest BCUT2D eigenvalue weighted by atomic mass is 16.5. The molecule has 0 fully saturated rings. The summed E-state index contributed by atoms with van der Waals surface area (Å²) in [6, 6.07) is 16.3. The van der Waals surface area contributed by atoms with Gasteiger partial charge >= 0.3 is 5.97 Å². The molecule has 1 aromatic heterocycles. The van der Waals surface area contributed by atoms with Crippen LogP contribution in [-0.4, -0.2) is 30.0 Å². The van der Waals surface area contributed by atoms with Crippen molar-refractivity contribution in [3.8, 4) is 11.5 Å². The number of aromatic nitrogens is 1. The van der Waals surface area contributed by atoms with E-state index in [1.807, 2.05) is 19.1 Å². The first-order chi connectivity index (χ1) is 14.1. The van der Waals surface area contributed by atoms with E-state index >= 15 is 0 Å². The molecule has 1 unspecified atom stereocenters. The highest BCUT2D eigenvalue weighted by molar-refractivity contribution is 5.89. The van der Waals surface area contributed by atoms with Crippen molar-refractivity contribution in [2.75, 3.05) is 14.2 Å². The number of hydrogen-bond acceptors (Lipinski definition) is 5. The summed E-state index contributed by atoms with van der Waals surface area (Å²) in [6.07, 6.45) is 3.53. The molecular formula is C24H26N2O3. The van der Waals surface area contributed by atoms with Crippen LogP contribution in [0.5, 0.6) is 0 Å². The number of carbonyl (C=O) groups is 1. The normalized spacial score (nSPS) is 15.9. The molecule has 1 atom stereocenters. The molecule has 0 bridgehead atoms. The molecular weight excluding hydrogens is 364 g/mol. The van der Waals surface area contributed by atoms with Crippen molar-refractivity contribution < 1.29 is 13.9 Å². The van der Waals surface area contributed by atoms with E-state index in [-0.39, 0.29) is 5.97 Å². The SMILES string of the molecule is COC(=O)c1ccc(-c2nc(CN(C)C3CCCc4ccccc43)c(C)o2)cc1. The number of fused-ring (bicyclic) bond motifs is 1. The molecule has 0 aliphatic heterocycles. The van der Waals surface area contributed by atoms with E-state index in [4.69, 9.17) is 14.1 Å². The minimum Gasteiger partial charge on any atom is -0.465 e. The Morgan fingerprint density at radius 2 is 1.97 bits per heavy atom. The highest BCUT2D eigenvalue weighted by Gasteiger charge is 2.25. The van der Waals surface area contributed by atoms with Crippen molar-refractivity contribution in [1.29, 1.82) is 0 Å². The Morgan fingerprint density at radius 1 is 1.21 bits per heavy atom. The lowest BCUT2D eigenvalue weighted by Crippen LogP contribution is -2.27. The van der Waals surface area contributed by atoms with Gasteiger partial charge in [0, 0.05) is 18.2 Å². The molecule has 150 valence electrons. The molecule has 0 amide bonds. The van der Waals surface area contributed by atoms with E-state index in [1.54, 1.807) is 12.1 Å². The van der Waals surface area contributed by atoms with Crippen LogP contribution >= 0.6 is 0 Å². The fraction of sp³-hybridized carbons (Fsp3) is 0.333. The smallest absolute Gasteiger partial charge is 0.337 e. The zero-order valence-corrected chi connectivity index (χ0v) is 17.1. The van der Waals surface area contributed by atoms with Gasteiger partial charge in [0.2, 0.25) is 5.89 Å². The molecule has 0 saturated heterocycles. The average molecular weight is 390 g/mol. The van der Waals surface area contributed by atoms with E-state index < -0.39 is 0 Å². The van der Waals surface area contributed by atoms with Gasteiger partial charge in [-0.25, -0.2) is 9.78 Å². The van der Waals surface area contributed by atoms with Crippen molar-refractivity contribution in [1.82, 2.24) is 9.88 Å². The molecule has 5 nitrogen and oxygen atoms in total. The largest absolute Gasteiger partial charge is 0.465 e. The molecule has 29 heavy (non-hydrogen) atoms. The fourth-order valence-electron chi connectivity index (χ4n) is 4.10. The van der Waals surface area contributed by atoms with Crippen LogP contribution in [-0.2, 0) is 17.7 Å². The molecule has 0 spiro atoms. The molecule has 1 aliphatic carbocycles. The number of rotatable bonds is 5. The first kappa shape index (κ1) is 19.4. The lowest BCUT2D eigenvalue weighted by Gasteiger charge is -2.33. The van der Waals surface area contributed by atoms with Crippen LogP contribution < -0.4 is 0 Å². The summed E-state index contributed by atoms with van der Waals surface area (Å²) in [4.78, 5) is 18.7. The zero-order chi connectivity index (χ0) is 20.4. The van der Waals surface area contributed by atoms with Crippen molar-refractivity contribution in [3.05, 3.63) is 76.7 Å². The third-order valence-corrected chi connectivity index (χ3v) is 5.71. The second kappa shape index (κ2) is 8.21. The van der Waals surface area contributed by atoms with Crippen LogP contribution in [0.4, 0.5) is 0 Å². The Labute approximate surface area is 171 Å². The van der Waals surface area contributed by atoms with Crippen molar-refractivity contribution in [3.63, 3.8) is 0 Å². The summed E-state index contributed by atoms with van der Waals surface area (Å²) >= 11 is 0. The number of carbonyl (C=O) groups excluding carboxylic acids is 1. The standard InChI is InChI=1S/C24H26N2O3/c1-16-21(15-26(2)22-10-6-8-17-7-4-5-9-20(17)22)25-23(29-16)18-11-13-19(14-12-18)24(27)28-3/h4-5,7,9,11-14,22H,6,8,10,15H2,1-3H3. The maximum Gasteiger partial charge on any atom is 0.337 e. The van der Waals surface area contributed by atoms with E-state index in [0.717, 1.165) is 36.4 Å². The highest BCUT2D eigenvalue weighted by Crippen LogP contribution is 2.34. The molecule has 0 radical (unpaired) electrons. The Kier molecular flexibility index (Phi) is 5.49. The maximum absolute atomic E-state index is 11.6. The molecule has 5 heteroatoms. The van der Waals surface area contributed by atoms with Crippen LogP contribution in [0.25, 0.3) is 11.5 Å². The number of aryl methyl sites for hydroxylation is 2. The number of benzene rings is 2. The topological polar surface area (TPSA) is 55.6 Å². The Morgan fingerprint density at radius 3 is 2.72 bits per heavy atom. The maximum atomic E-state index is 11.6. The Hall–Kier alpha value is -2.92. The molecule has 1 heterocycles. The number of oxazole rings is 1. The van der Waals surface area contributed by atoms with Crippen molar-refractivity contribution in [2.45, 2.75) is 38.8 Å². The second-order valence-electron chi connectivity index (χ2n) is 7.61. The number of ether oxygens (including phenoxy) is 1.